The fourth-order valence-electron chi connectivity index (χ4n) is 1.58. The summed E-state index contributed by atoms with van der Waals surface area (Å²) in [4.78, 5) is 0. The Bertz CT molecular complexity index is 426. The molecule has 0 amide bonds. The Kier molecular flexibility index (Phi) is 2.46. The molecule has 2 N–H and O–H groups in total. The van der Waals surface area contributed by atoms with Gasteiger partial charge in [-0.1, -0.05) is 30.3 Å². The number of nitrogen functional groups attached to an aromatic ring is 1. The van der Waals surface area contributed by atoms with Gasteiger partial charge >= 0.3 is 0 Å². The van der Waals surface area contributed by atoms with Crippen LogP contribution in [0.2, 0.25) is 0 Å². The molecule has 0 spiro atoms. The smallest absolute Gasteiger partial charge is 0.148 e. The number of aryl methyl sites for hydroxylation is 1. The van der Waals surface area contributed by atoms with E-state index in [4.69, 9.17) is 5.73 Å². The van der Waals surface area contributed by atoms with Crippen molar-refractivity contribution in [3.05, 3.63) is 47.7 Å². The quantitative estimate of drug-likeness (QED) is 0.810. The monoisotopic (exact) mass is 201 g/mol. The van der Waals surface area contributed by atoms with Crippen LogP contribution in [-0.2, 0) is 0 Å². The summed E-state index contributed by atoms with van der Waals surface area (Å²) in [6.07, 6.45) is 1.98. The summed E-state index contributed by atoms with van der Waals surface area (Å²) in [7, 11) is 0. The van der Waals surface area contributed by atoms with Crippen LogP contribution in [0.1, 0.15) is 24.1 Å². The van der Waals surface area contributed by atoms with Crippen LogP contribution >= 0.6 is 0 Å². The lowest BCUT2D eigenvalue weighted by Gasteiger charge is -2.11. The molecule has 0 radical (unpaired) electrons. The van der Waals surface area contributed by atoms with E-state index in [9.17, 15) is 0 Å². The second kappa shape index (κ2) is 3.77. The molecular weight excluding hydrogens is 186 g/mol. The van der Waals surface area contributed by atoms with Crippen LogP contribution < -0.4 is 5.73 Å². The molecule has 2 rings (SSSR count). The molecule has 0 bridgehead atoms. The maximum Gasteiger partial charge on any atom is 0.148 e. The molecule has 1 atom stereocenters. The highest BCUT2D eigenvalue weighted by molar-refractivity contribution is 5.36. The van der Waals surface area contributed by atoms with Crippen molar-refractivity contribution in [2.45, 2.75) is 19.9 Å². The summed E-state index contributed by atoms with van der Waals surface area (Å²) in [6.45, 7) is 4.08. The van der Waals surface area contributed by atoms with E-state index in [0.717, 1.165) is 5.56 Å². The summed E-state index contributed by atoms with van der Waals surface area (Å²) >= 11 is 0. The van der Waals surface area contributed by atoms with E-state index >= 15 is 0 Å². The summed E-state index contributed by atoms with van der Waals surface area (Å²) < 4.78 is 1.90. The third-order valence-corrected chi connectivity index (χ3v) is 2.63. The first kappa shape index (κ1) is 9.77. The second-order valence-corrected chi connectivity index (χ2v) is 3.76. The van der Waals surface area contributed by atoms with Crippen LogP contribution in [0.3, 0.4) is 0 Å². The van der Waals surface area contributed by atoms with Crippen LogP contribution in [0.4, 0.5) is 5.82 Å². The number of hydrogen-bond acceptors (Lipinski definition) is 2. The van der Waals surface area contributed by atoms with Gasteiger partial charge in [-0.2, -0.15) is 5.10 Å². The Morgan fingerprint density at radius 3 is 2.47 bits per heavy atom. The molecule has 1 aromatic heterocycles. The minimum absolute atomic E-state index is 0.224. The summed E-state index contributed by atoms with van der Waals surface area (Å²) in [5, 5.41) is 4.28. The van der Waals surface area contributed by atoms with Crippen molar-refractivity contribution in [1.29, 1.82) is 0 Å². The molecule has 0 saturated carbocycles. The van der Waals surface area contributed by atoms with Gasteiger partial charge in [-0.25, -0.2) is 0 Å². The molecule has 0 saturated heterocycles. The zero-order chi connectivity index (χ0) is 10.8. The topological polar surface area (TPSA) is 43.8 Å². The number of nitrogens with zero attached hydrogens (tertiary/aromatic N) is 2. The van der Waals surface area contributed by atoms with Crippen LogP contribution in [0.25, 0.3) is 0 Å². The fourth-order valence-corrected chi connectivity index (χ4v) is 1.58. The van der Waals surface area contributed by atoms with Crippen molar-refractivity contribution >= 4 is 5.82 Å². The lowest BCUT2D eigenvalue weighted by molar-refractivity contribution is 0.566. The van der Waals surface area contributed by atoms with Crippen molar-refractivity contribution in [3.63, 3.8) is 0 Å². The predicted octanol–water partition coefficient (Wildman–Crippen LogP) is 2.38. The van der Waals surface area contributed by atoms with Crippen molar-refractivity contribution in [2.24, 2.45) is 0 Å². The number of anilines is 1. The van der Waals surface area contributed by atoms with Crippen molar-refractivity contribution in [1.82, 2.24) is 9.78 Å². The van der Waals surface area contributed by atoms with Crippen molar-refractivity contribution in [2.75, 3.05) is 5.73 Å². The molecule has 0 aliphatic heterocycles. The third-order valence-electron chi connectivity index (χ3n) is 2.63. The van der Waals surface area contributed by atoms with Gasteiger partial charge in [-0.15, -0.1) is 0 Å². The SMILES string of the molecule is Cc1cn([C@@H](C)c2ccccc2)nc1N. The second-order valence-electron chi connectivity index (χ2n) is 3.76. The maximum absolute atomic E-state index is 5.72. The van der Waals surface area contributed by atoms with Crippen molar-refractivity contribution < 1.29 is 0 Å². The molecule has 0 aliphatic carbocycles. The molecule has 3 nitrogen and oxygen atoms in total. The molecule has 15 heavy (non-hydrogen) atoms. The molecule has 78 valence electrons. The third kappa shape index (κ3) is 1.86. The first-order valence-corrected chi connectivity index (χ1v) is 5.04. The zero-order valence-corrected chi connectivity index (χ0v) is 9.01. The molecule has 1 heterocycles. The summed E-state index contributed by atoms with van der Waals surface area (Å²) in [5.41, 5.74) is 7.99. The van der Waals surface area contributed by atoms with Gasteiger partial charge in [-0.05, 0) is 19.4 Å². The van der Waals surface area contributed by atoms with E-state index in [1.807, 2.05) is 36.0 Å². The number of benzene rings is 1. The van der Waals surface area contributed by atoms with Crippen LogP contribution in [0, 0.1) is 6.92 Å². The van der Waals surface area contributed by atoms with Gasteiger partial charge in [0.1, 0.15) is 5.82 Å². The first-order chi connectivity index (χ1) is 7.18. The normalized spacial score (nSPS) is 12.7. The molecule has 0 unspecified atom stereocenters. The van der Waals surface area contributed by atoms with Gasteiger partial charge in [0.15, 0.2) is 0 Å². The Balaban J connectivity index is 2.32. The lowest BCUT2D eigenvalue weighted by Crippen LogP contribution is -2.07. The van der Waals surface area contributed by atoms with Gasteiger partial charge in [-0.3, -0.25) is 4.68 Å². The Labute approximate surface area is 89.5 Å². The average Bonchev–Trinajstić information content (AvgIpc) is 2.59. The maximum atomic E-state index is 5.72. The lowest BCUT2D eigenvalue weighted by atomic mass is 10.1. The van der Waals surface area contributed by atoms with E-state index in [-0.39, 0.29) is 6.04 Å². The molecule has 0 fully saturated rings. The summed E-state index contributed by atoms with van der Waals surface area (Å²) in [5.74, 6) is 0.609. The van der Waals surface area contributed by atoms with E-state index in [1.54, 1.807) is 0 Å². The van der Waals surface area contributed by atoms with E-state index in [1.165, 1.54) is 5.56 Å². The summed E-state index contributed by atoms with van der Waals surface area (Å²) in [6, 6.07) is 10.5. The molecule has 3 heteroatoms. The largest absolute Gasteiger partial charge is 0.382 e. The first-order valence-electron chi connectivity index (χ1n) is 5.04. The van der Waals surface area contributed by atoms with Gasteiger partial charge < -0.3 is 5.73 Å². The Morgan fingerprint density at radius 2 is 1.93 bits per heavy atom. The fraction of sp³-hybridized carbons (Fsp3) is 0.250. The number of hydrogen-bond donors (Lipinski definition) is 1. The highest BCUT2D eigenvalue weighted by Gasteiger charge is 2.09. The van der Waals surface area contributed by atoms with Gasteiger partial charge in [0, 0.05) is 11.8 Å². The minimum atomic E-state index is 0.224. The van der Waals surface area contributed by atoms with E-state index in [2.05, 4.69) is 24.2 Å². The van der Waals surface area contributed by atoms with Crippen LogP contribution in [0.5, 0.6) is 0 Å². The standard InChI is InChI=1S/C12H15N3/c1-9-8-15(14-12(9)13)10(2)11-6-4-3-5-7-11/h3-8,10H,1-2H3,(H2,13,14)/t10-/m0/s1. The molecule has 1 aromatic carbocycles. The van der Waals surface area contributed by atoms with Crippen molar-refractivity contribution in [3.8, 4) is 0 Å². The van der Waals surface area contributed by atoms with Crippen LogP contribution in [0.15, 0.2) is 36.5 Å². The van der Waals surface area contributed by atoms with Gasteiger partial charge in [0.05, 0.1) is 6.04 Å². The molecular formula is C12H15N3. The predicted molar refractivity (Wildman–Crippen MR) is 61.6 cm³/mol. The Morgan fingerprint density at radius 1 is 1.27 bits per heavy atom. The zero-order valence-electron chi connectivity index (χ0n) is 9.01. The highest BCUT2D eigenvalue weighted by Crippen LogP contribution is 2.18. The number of aromatic nitrogens is 2. The number of nitrogens with two attached hydrogens (primary N) is 1. The number of rotatable bonds is 2. The molecule has 2 aromatic rings. The van der Waals surface area contributed by atoms with Gasteiger partial charge in [0.2, 0.25) is 0 Å². The van der Waals surface area contributed by atoms with Crippen LogP contribution in [-0.4, -0.2) is 9.78 Å². The van der Waals surface area contributed by atoms with E-state index < -0.39 is 0 Å². The highest BCUT2D eigenvalue weighted by atomic mass is 15.3. The Hall–Kier alpha value is -1.77. The molecule has 0 aliphatic rings. The average molecular weight is 201 g/mol. The minimum Gasteiger partial charge on any atom is -0.382 e. The van der Waals surface area contributed by atoms with E-state index in [0.29, 0.717) is 5.82 Å². The van der Waals surface area contributed by atoms with Gasteiger partial charge in [0.25, 0.3) is 0 Å².